The van der Waals surface area contributed by atoms with Gasteiger partial charge in [0.1, 0.15) is 17.5 Å². The van der Waals surface area contributed by atoms with Gasteiger partial charge in [-0.15, -0.1) is 0 Å². The van der Waals surface area contributed by atoms with Gasteiger partial charge in [0.25, 0.3) is 17.5 Å². The molecular formula is C24H29Cl2N5O5. The minimum Gasteiger partial charge on any atom is -0.479 e. The van der Waals surface area contributed by atoms with Crippen LogP contribution in [0.2, 0.25) is 10.0 Å². The minimum atomic E-state index is -0.939. The summed E-state index contributed by atoms with van der Waals surface area (Å²) in [7, 11) is 3.41. The number of halogens is 2. The zero-order valence-electron chi connectivity index (χ0n) is 20.6. The summed E-state index contributed by atoms with van der Waals surface area (Å²) in [5.41, 5.74) is 3.17. The predicted octanol–water partition coefficient (Wildman–Crippen LogP) is 4.42. The zero-order chi connectivity index (χ0) is 27.0. The van der Waals surface area contributed by atoms with Gasteiger partial charge in [0.15, 0.2) is 6.10 Å². The lowest BCUT2D eigenvalue weighted by molar-refractivity contribution is -0.384. The molecule has 0 aliphatic rings. The number of nitrogens with one attached hydrogen (secondary N) is 2. The third kappa shape index (κ3) is 8.39. The van der Waals surface area contributed by atoms with E-state index < -0.39 is 28.9 Å². The Bertz CT molecular complexity index is 1140. The number of hydrogen-bond acceptors (Lipinski definition) is 7. The third-order valence-electron chi connectivity index (χ3n) is 4.97. The minimum absolute atomic E-state index is 0.0880. The first-order valence-corrected chi connectivity index (χ1v) is 11.8. The fourth-order valence-corrected chi connectivity index (χ4v) is 3.65. The maximum atomic E-state index is 12.8. The van der Waals surface area contributed by atoms with Crippen LogP contribution in [0.15, 0.2) is 41.5 Å². The molecule has 0 saturated carbocycles. The quantitative estimate of drug-likeness (QED) is 0.248. The fourth-order valence-electron chi connectivity index (χ4n) is 3.20. The first kappa shape index (κ1) is 28.9. The summed E-state index contributed by atoms with van der Waals surface area (Å²) in [6.07, 6.45) is 0.711. The van der Waals surface area contributed by atoms with Gasteiger partial charge in [0.2, 0.25) is 0 Å². The lowest BCUT2D eigenvalue weighted by Gasteiger charge is -2.22. The Morgan fingerprint density at radius 3 is 2.42 bits per heavy atom. The van der Waals surface area contributed by atoms with Crippen molar-refractivity contribution in [3.05, 3.63) is 62.1 Å². The highest BCUT2D eigenvalue weighted by Crippen LogP contribution is 2.28. The molecule has 0 heterocycles. The van der Waals surface area contributed by atoms with Gasteiger partial charge >= 0.3 is 0 Å². The van der Waals surface area contributed by atoms with E-state index in [2.05, 4.69) is 15.8 Å². The van der Waals surface area contributed by atoms with Crippen molar-refractivity contribution in [2.24, 2.45) is 11.0 Å². The van der Waals surface area contributed by atoms with E-state index in [0.717, 1.165) is 0 Å². The van der Waals surface area contributed by atoms with Crippen LogP contribution in [0, 0.1) is 16.0 Å². The molecule has 0 unspecified atom stereocenters. The Morgan fingerprint density at radius 2 is 1.83 bits per heavy atom. The van der Waals surface area contributed by atoms with Crippen LogP contribution >= 0.6 is 23.2 Å². The number of hydrogen-bond donors (Lipinski definition) is 2. The molecule has 0 saturated heterocycles. The van der Waals surface area contributed by atoms with Crippen LogP contribution in [0.5, 0.6) is 5.75 Å². The highest BCUT2D eigenvalue weighted by atomic mass is 35.5. The molecule has 2 aromatic rings. The Hall–Kier alpha value is -3.37. The standard InChI is InChI=1S/C24H29Cl2N5O5/c1-14(2)10-19(28-23(32)15(3)36-22-9-7-17(25)12-18(22)26)24(33)29-27-13-16-6-8-20(30(4)5)21(11-16)31(34)35/h6-9,11-15,19H,10H2,1-5H3,(H,28,32)(H,29,33)/b27-13-/t15-,19+/m0/s1. The largest absolute Gasteiger partial charge is 0.479 e. The van der Waals surface area contributed by atoms with E-state index in [0.29, 0.717) is 22.7 Å². The second kappa shape index (κ2) is 13.1. The Labute approximate surface area is 219 Å². The van der Waals surface area contributed by atoms with Gasteiger partial charge in [-0.05, 0) is 43.5 Å². The lowest BCUT2D eigenvalue weighted by atomic mass is 10.0. The molecule has 194 valence electrons. The maximum absolute atomic E-state index is 12.8. The maximum Gasteiger partial charge on any atom is 0.293 e. The van der Waals surface area contributed by atoms with Crippen LogP contribution in [-0.2, 0) is 9.59 Å². The molecule has 0 bridgehead atoms. The Kier molecular flexibility index (Phi) is 10.5. The van der Waals surface area contributed by atoms with E-state index in [9.17, 15) is 19.7 Å². The molecule has 0 radical (unpaired) electrons. The van der Waals surface area contributed by atoms with E-state index in [1.807, 2.05) is 13.8 Å². The summed E-state index contributed by atoms with van der Waals surface area (Å²) in [4.78, 5) is 38.0. The van der Waals surface area contributed by atoms with Crippen LogP contribution in [0.1, 0.15) is 32.8 Å². The second-order valence-electron chi connectivity index (χ2n) is 8.66. The van der Waals surface area contributed by atoms with Crippen LogP contribution in [0.25, 0.3) is 0 Å². The van der Waals surface area contributed by atoms with Crippen LogP contribution in [0.3, 0.4) is 0 Å². The normalized spacial score (nSPS) is 12.8. The number of hydrazone groups is 1. The van der Waals surface area contributed by atoms with Gasteiger partial charge < -0.3 is 15.0 Å². The molecule has 2 N–H and O–H groups in total. The van der Waals surface area contributed by atoms with Crippen molar-refractivity contribution in [1.29, 1.82) is 0 Å². The van der Waals surface area contributed by atoms with Crippen molar-refractivity contribution in [2.45, 2.75) is 39.3 Å². The molecule has 36 heavy (non-hydrogen) atoms. The molecule has 2 aromatic carbocycles. The highest BCUT2D eigenvalue weighted by Gasteiger charge is 2.25. The average molecular weight is 538 g/mol. The topological polar surface area (TPSA) is 126 Å². The Balaban J connectivity index is 2.07. The molecule has 2 atom stereocenters. The molecule has 0 aromatic heterocycles. The molecule has 0 spiro atoms. The highest BCUT2D eigenvalue weighted by molar-refractivity contribution is 6.35. The first-order valence-electron chi connectivity index (χ1n) is 11.1. The van der Waals surface area contributed by atoms with E-state index >= 15 is 0 Å². The Morgan fingerprint density at radius 1 is 1.14 bits per heavy atom. The number of nitro groups is 1. The van der Waals surface area contributed by atoms with Gasteiger partial charge in [-0.1, -0.05) is 43.1 Å². The van der Waals surface area contributed by atoms with Crippen molar-refractivity contribution in [2.75, 3.05) is 19.0 Å². The number of anilines is 1. The van der Waals surface area contributed by atoms with Crippen molar-refractivity contribution in [1.82, 2.24) is 10.7 Å². The van der Waals surface area contributed by atoms with Crippen molar-refractivity contribution >= 4 is 52.6 Å². The van der Waals surface area contributed by atoms with Crippen LogP contribution in [-0.4, -0.2) is 49.2 Å². The number of nitrogens with zero attached hydrogens (tertiary/aromatic N) is 3. The second-order valence-corrected chi connectivity index (χ2v) is 9.50. The van der Waals surface area contributed by atoms with Crippen molar-refractivity contribution in [3.63, 3.8) is 0 Å². The molecule has 0 aliphatic heterocycles. The predicted molar refractivity (Wildman–Crippen MR) is 141 cm³/mol. The number of carbonyl (C=O) groups excluding carboxylic acids is 2. The monoisotopic (exact) mass is 537 g/mol. The summed E-state index contributed by atoms with van der Waals surface area (Å²) in [6, 6.07) is 8.36. The lowest BCUT2D eigenvalue weighted by Crippen LogP contribution is -2.49. The molecular weight excluding hydrogens is 509 g/mol. The smallest absolute Gasteiger partial charge is 0.293 e. The van der Waals surface area contributed by atoms with Gasteiger partial charge in [0.05, 0.1) is 16.2 Å². The molecule has 12 heteroatoms. The number of ether oxygens (including phenoxy) is 1. The molecule has 0 aliphatic carbocycles. The van der Waals surface area contributed by atoms with Crippen LogP contribution in [0.4, 0.5) is 11.4 Å². The van der Waals surface area contributed by atoms with E-state index in [4.69, 9.17) is 27.9 Å². The average Bonchev–Trinajstić information content (AvgIpc) is 2.79. The summed E-state index contributed by atoms with van der Waals surface area (Å²) in [5.74, 6) is -0.675. The third-order valence-corrected chi connectivity index (χ3v) is 5.50. The molecule has 2 amide bonds. The summed E-state index contributed by atoms with van der Waals surface area (Å²) < 4.78 is 5.62. The van der Waals surface area contributed by atoms with Gasteiger partial charge in [-0.3, -0.25) is 19.7 Å². The number of nitro benzene ring substituents is 1. The van der Waals surface area contributed by atoms with Crippen molar-refractivity contribution < 1.29 is 19.2 Å². The SMILES string of the molecule is CC(C)C[C@@H](NC(=O)[C@H](C)Oc1ccc(Cl)cc1Cl)C(=O)N/N=C\c1ccc(N(C)C)c([N+](=O)[O-])c1. The molecule has 0 fully saturated rings. The number of benzene rings is 2. The van der Waals surface area contributed by atoms with Gasteiger partial charge in [-0.25, -0.2) is 5.43 Å². The van der Waals surface area contributed by atoms with Crippen LogP contribution < -0.4 is 20.4 Å². The summed E-state index contributed by atoms with van der Waals surface area (Å²) in [5, 5.41) is 18.6. The van der Waals surface area contributed by atoms with E-state index in [1.54, 1.807) is 43.3 Å². The number of amides is 2. The zero-order valence-corrected chi connectivity index (χ0v) is 22.1. The fraction of sp³-hybridized carbons (Fsp3) is 0.375. The van der Waals surface area contributed by atoms with Crippen molar-refractivity contribution in [3.8, 4) is 5.75 Å². The molecule has 2 rings (SSSR count). The first-order chi connectivity index (χ1) is 16.9. The van der Waals surface area contributed by atoms with E-state index in [-0.39, 0.29) is 22.4 Å². The van der Waals surface area contributed by atoms with Gasteiger partial charge in [-0.2, -0.15) is 5.10 Å². The number of rotatable bonds is 11. The van der Waals surface area contributed by atoms with Gasteiger partial charge in [0, 0.05) is 30.7 Å². The number of carbonyl (C=O) groups is 2. The summed E-state index contributed by atoms with van der Waals surface area (Å²) >= 11 is 12.0. The molecule has 10 nitrogen and oxygen atoms in total. The summed E-state index contributed by atoms with van der Waals surface area (Å²) in [6.45, 7) is 5.36. The van der Waals surface area contributed by atoms with E-state index in [1.165, 1.54) is 25.3 Å².